The molecule has 5 nitrogen and oxygen atoms in total. The molecule has 2 rings (SSSR count). The first kappa shape index (κ1) is 19.6. The molecule has 0 aliphatic heterocycles. The average Bonchev–Trinajstić information content (AvgIpc) is 2.63. The normalized spacial score (nSPS) is 10.3. The van der Waals surface area contributed by atoms with Crippen LogP contribution >= 0.6 is 0 Å². The summed E-state index contributed by atoms with van der Waals surface area (Å²) in [6.07, 6.45) is 0.637. The van der Waals surface area contributed by atoms with Crippen LogP contribution in [-0.2, 0) is 11.2 Å². The van der Waals surface area contributed by atoms with Crippen molar-refractivity contribution < 1.29 is 23.4 Å². The van der Waals surface area contributed by atoms with Crippen LogP contribution in [0, 0.1) is 5.82 Å². The number of ether oxygens (including phenoxy) is 3. The Hall–Kier alpha value is -2.76. The summed E-state index contributed by atoms with van der Waals surface area (Å²) in [7, 11) is 0. The Kier molecular flexibility index (Phi) is 7.74. The second-order valence-corrected chi connectivity index (χ2v) is 5.47. The molecule has 0 saturated carbocycles. The van der Waals surface area contributed by atoms with E-state index in [1.165, 1.54) is 12.1 Å². The first-order valence-corrected chi connectivity index (χ1v) is 8.66. The first-order chi connectivity index (χ1) is 12.6. The number of hydrogen-bond donors (Lipinski definition) is 1. The number of nitrogens with one attached hydrogen (secondary N) is 1. The zero-order valence-electron chi connectivity index (χ0n) is 15.1. The van der Waals surface area contributed by atoms with E-state index in [1.807, 2.05) is 32.0 Å². The third kappa shape index (κ3) is 5.95. The summed E-state index contributed by atoms with van der Waals surface area (Å²) in [4.78, 5) is 11.8. The Bertz CT molecular complexity index is 721. The molecule has 1 N–H and O–H groups in total. The molecular formula is C20H24FNO4. The largest absolute Gasteiger partial charge is 0.490 e. The molecule has 0 radical (unpaired) electrons. The average molecular weight is 361 g/mol. The molecule has 2 aromatic rings. The molecule has 0 unspecified atom stereocenters. The fourth-order valence-electron chi connectivity index (χ4n) is 2.35. The second-order valence-electron chi connectivity index (χ2n) is 5.47. The van der Waals surface area contributed by atoms with Gasteiger partial charge >= 0.3 is 0 Å². The second kappa shape index (κ2) is 10.3. The number of carbonyl (C=O) groups is 1. The fraction of sp³-hybridized carbons (Fsp3) is 0.350. The van der Waals surface area contributed by atoms with Crippen LogP contribution in [0.15, 0.2) is 42.5 Å². The zero-order chi connectivity index (χ0) is 18.8. The van der Waals surface area contributed by atoms with Crippen molar-refractivity contribution in [1.82, 2.24) is 5.32 Å². The summed E-state index contributed by atoms with van der Waals surface area (Å²) in [5.41, 5.74) is 1.02. The van der Waals surface area contributed by atoms with Crippen LogP contribution < -0.4 is 19.5 Å². The van der Waals surface area contributed by atoms with E-state index >= 15 is 0 Å². The minimum atomic E-state index is -0.488. The minimum absolute atomic E-state index is 0.0653. The third-order valence-electron chi connectivity index (χ3n) is 3.54. The van der Waals surface area contributed by atoms with Gasteiger partial charge in [0.1, 0.15) is 0 Å². The van der Waals surface area contributed by atoms with E-state index < -0.39 is 5.82 Å². The summed E-state index contributed by atoms with van der Waals surface area (Å²) < 4.78 is 29.7. The summed E-state index contributed by atoms with van der Waals surface area (Å²) in [6.45, 7) is 5.17. The number of rotatable bonds is 10. The smallest absolute Gasteiger partial charge is 0.257 e. The lowest BCUT2D eigenvalue weighted by molar-refractivity contribution is -0.123. The quantitative estimate of drug-likeness (QED) is 0.705. The van der Waals surface area contributed by atoms with Crippen molar-refractivity contribution in [3.8, 4) is 17.2 Å². The van der Waals surface area contributed by atoms with Crippen molar-refractivity contribution in [2.24, 2.45) is 0 Å². The van der Waals surface area contributed by atoms with Crippen molar-refractivity contribution in [1.29, 1.82) is 0 Å². The van der Waals surface area contributed by atoms with E-state index in [2.05, 4.69) is 5.32 Å². The van der Waals surface area contributed by atoms with Crippen LogP contribution in [0.1, 0.15) is 19.4 Å². The van der Waals surface area contributed by atoms with Crippen LogP contribution in [0.3, 0.4) is 0 Å². The summed E-state index contributed by atoms with van der Waals surface area (Å²) >= 11 is 0. The SMILES string of the molecule is CCOc1ccc(CCNC(=O)COc2ccccc2F)cc1OCC. The maximum absolute atomic E-state index is 13.4. The Morgan fingerprint density at radius 1 is 0.962 bits per heavy atom. The molecule has 0 aromatic heterocycles. The van der Waals surface area contributed by atoms with Gasteiger partial charge in [0, 0.05) is 6.54 Å². The first-order valence-electron chi connectivity index (χ1n) is 8.66. The molecular weight excluding hydrogens is 337 g/mol. The lowest BCUT2D eigenvalue weighted by Crippen LogP contribution is -2.30. The maximum Gasteiger partial charge on any atom is 0.257 e. The molecule has 0 heterocycles. The predicted octanol–water partition coefficient (Wildman–Crippen LogP) is 3.36. The third-order valence-corrected chi connectivity index (χ3v) is 3.54. The number of para-hydroxylation sites is 1. The van der Waals surface area contributed by atoms with Gasteiger partial charge in [-0.3, -0.25) is 4.79 Å². The number of hydrogen-bond acceptors (Lipinski definition) is 4. The molecule has 2 aromatic carbocycles. The van der Waals surface area contributed by atoms with E-state index in [9.17, 15) is 9.18 Å². The summed E-state index contributed by atoms with van der Waals surface area (Å²) in [5.74, 6) is 0.680. The lowest BCUT2D eigenvalue weighted by Gasteiger charge is -2.13. The zero-order valence-corrected chi connectivity index (χ0v) is 15.1. The van der Waals surface area contributed by atoms with Gasteiger partial charge in [0.2, 0.25) is 0 Å². The molecule has 26 heavy (non-hydrogen) atoms. The van der Waals surface area contributed by atoms with Crippen molar-refractivity contribution in [3.63, 3.8) is 0 Å². The van der Waals surface area contributed by atoms with Crippen LogP contribution in [0.4, 0.5) is 4.39 Å². The molecule has 0 saturated heterocycles. The van der Waals surface area contributed by atoms with Gasteiger partial charge in [0.15, 0.2) is 29.7 Å². The van der Waals surface area contributed by atoms with E-state index in [-0.39, 0.29) is 18.3 Å². The van der Waals surface area contributed by atoms with Gasteiger partial charge in [-0.2, -0.15) is 0 Å². The number of carbonyl (C=O) groups excluding carboxylic acids is 1. The summed E-state index contributed by atoms with van der Waals surface area (Å²) in [6, 6.07) is 11.7. The van der Waals surface area contributed by atoms with Crippen LogP contribution in [0.2, 0.25) is 0 Å². The number of amides is 1. The Morgan fingerprint density at radius 2 is 1.69 bits per heavy atom. The van der Waals surface area contributed by atoms with Crippen LogP contribution in [-0.4, -0.2) is 32.3 Å². The Labute approximate surface area is 153 Å². The van der Waals surface area contributed by atoms with Crippen molar-refractivity contribution in [2.45, 2.75) is 20.3 Å². The van der Waals surface area contributed by atoms with Crippen LogP contribution in [0.5, 0.6) is 17.2 Å². The van der Waals surface area contributed by atoms with Gasteiger partial charge in [-0.1, -0.05) is 18.2 Å². The fourth-order valence-corrected chi connectivity index (χ4v) is 2.35. The molecule has 6 heteroatoms. The molecule has 0 aliphatic carbocycles. The van der Waals surface area contributed by atoms with Gasteiger partial charge in [-0.25, -0.2) is 4.39 Å². The number of benzene rings is 2. The van der Waals surface area contributed by atoms with Gasteiger partial charge in [-0.05, 0) is 50.1 Å². The van der Waals surface area contributed by atoms with Gasteiger partial charge in [0.05, 0.1) is 13.2 Å². The van der Waals surface area contributed by atoms with Gasteiger partial charge < -0.3 is 19.5 Å². The van der Waals surface area contributed by atoms with Crippen molar-refractivity contribution in [2.75, 3.05) is 26.4 Å². The van der Waals surface area contributed by atoms with Gasteiger partial charge in [0.25, 0.3) is 5.91 Å². The van der Waals surface area contributed by atoms with E-state index in [4.69, 9.17) is 14.2 Å². The molecule has 0 spiro atoms. The lowest BCUT2D eigenvalue weighted by atomic mass is 10.1. The van der Waals surface area contributed by atoms with Crippen molar-refractivity contribution in [3.05, 3.63) is 53.8 Å². The molecule has 0 aliphatic rings. The topological polar surface area (TPSA) is 56.8 Å². The Morgan fingerprint density at radius 3 is 2.42 bits per heavy atom. The highest BCUT2D eigenvalue weighted by molar-refractivity contribution is 5.77. The molecule has 0 bridgehead atoms. The predicted molar refractivity (Wildman–Crippen MR) is 97.4 cm³/mol. The van der Waals surface area contributed by atoms with E-state index in [0.717, 1.165) is 5.56 Å². The molecule has 1 amide bonds. The number of halogens is 1. The standard InChI is InChI=1S/C20H24FNO4/c1-3-24-18-10-9-15(13-19(18)25-4-2)11-12-22-20(23)14-26-17-8-6-5-7-16(17)21/h5-10,13H,3-4,11-12,14H2,1-2H3,(H,22,23). The Balaban J connectivity index is 1.80. The minimum Gasteiger partial charge on any atom is -0.490 e. The van der Waals surface area contributed by atoms with E-state index in [0.29, 0.717) is 37.7 Å². The van der Waals surface area contributed by atoms with Gasteiger partial charge in [-0.15, -0.1) is 0 Å². The maximum atomic E-state index is 13.4. The monoisotopic (exact) mass is 361 g/mol. The molecule has 0 fully saturated rings. The highest BCUT2D eigenvalue weighted by atomic mass is 19.1. The molecule has 140 valence electrons. The highest BCUT2D eigenvalue weighted by Gasteiger charge is 2.08. The molecule has 0 atom stereocenters. The van der Waals surface area contributed by atoms with Crippen molar-refractivity contribution >= 4 is 5.91 Å². The van der Waals surface area contributed by atoms with E-state index in [1.54, 1.807) is 12.1 Å². The highest BCUT2D eigenvalue weighted by Crippen LogP contribution is 2.28. The van der Waals surface area contributed by atoms with Crippen LogP contribution in [0.25, 0.3) is 0 Å². The summed E-state index contributed by atoms with van der Waals surface area (Å²) in [5, 5.41) is 2.75.